The molecule has 1 unspecified atom stereocenters. The van der Waals surface area contributed by atoms with E-state index in [0.29, 0.717) is 29.7 Å². The van der Waals surface area contributed by atoms with E-state index in [1.165, 1.54) is 6.07 Å². The number of para-hydroxylation sites is 1. The molecule has 0 aliphatic heterocycles. The Hall–Kier alpha value is -1.95. The van der Waals surface area contributed by atoms with Gasteiger partial charge >= 0.3 is 5.97 Å². The fourth-order valence-electron chi connectivity index (χ4n) is 3.00. The predicted octanol–water partition coefficient (Wildman–Crippen LogP) is 7.52. The molecule has 0 aromatic heterocycles. The van der Waals surface area contributed by atoms with E-state index in [4.69, 9.17) is 9.47 Å². The van der Waals surface area contributed by atoms with Gasteiger partial charge in [0.2, 0.25) is 0 Å². The lowest BCUT2D eigenvalue weighted by Crippen LogP contribution is -2.05. The fourth-order valence-corrected chi connectivity index (χ4v) is 3.32. The zero-order valence-corrected chi connectivity index (χ0v) is 18.7. The van der Waals surface area contributed by atoms with Crippen molar-refractivity contribution >= 4 is 21.9 Å². The Morgan fingerprint density at radius 2 is 1.63 bits per heavy atom. The van der Waals surface area contributed by atoms with Gasteiger partial charge in [0, 0.05) is 17.3 Å². The third-order valence-electron chi connectivity index (χ3n) is 4.70. The number of ether oxygens (including phenoxy) is 2. The molecule has 0 bridgehead atoms. The lowest BCUT2D eigenvalue weighted by molar-refractivity contribution is -0.145. The molecule has 0 saturated carbocycles. The molecule has 30 heavy (non-hydrogen) atoms. The van der Waals surface area contributed by atoms with Gasteiger partial charge in [0.05, 0.1) is 0 Å². The second-order valence-electron chi connectivity index (χ2n) is 7.24. The molecule has 0 heterocycles. The Morgan fingerprint density at radius 1 is 0.933 bits per heavy atom. The summed E-state index contributed by atoms with van der Waals surface area (Å²) in [5, 5.41) is 0.406. The molecule has 0 radical (unpaired) electrons. The summed E-state index contributed by atoms with van der Waals surface area (Å²) in [5.74, 6) is 0.378. The highest BCUT2D eigenvalue weighted by Crippen LogP contribution is 2.24. The van der Waals surface area contributed by atoms with Gasteiger partial charge in [-0.25, -0.2) is 8.78 Å². The first-order valence-corrected chi connectivity index (χ1v) is 11.6. The van der Waals surface area contributed by atoms with Gasteiger partial charge in [-0.05, 0) is 43.2 Å². The topological polar surface area (TPSA) is 35.5 Å². The van der Waals surface area contributed by atoms with Crippen LogP contribution in [0.2, 0.25) is 0 Å². The minimum absolute atomic E-state index is 0.116. The zero-order chi connectivity index (χ0) is 21.6. The van der Waals surface area contributed by atoms with Crippen molar-refractivity contribution in [2.45, 2.75) is 64.1 Å². The van der Waals surface area contributed by atoms with E-state index in [1.54, 1.807) is 12.1 Å². The Balaban J connectivity index is 1.63. The van der Waals surface area contributed by atoms with Crippen LogP contribution in [0.5, 0.6) is 11.5 Å². The number of carbonyl (C=O) groups is 1. The third-order valence-corrected chi connectivity index (χ3v) is 5.40. The number of hydrogen-bond acceptors (Lipinski definition) is 3. The third kappa shape index (κ3) is 9.70. The summed E-state index contributed by atoms with van der Waals surface area (Å²) in [7, 11) is 0. The van der Waals surface area contributed by atoms with Crippen LogP contribution >= 0.6 is 15.9 Å². The number of rotatable bonds is 14. The van der Waals surface area contributed by atoms with Gasteiger partial charge in [0.1, 0.15) is 30.1 Å². The van der Waals surface area contributed by atoms with Crippen molar-refractivity contribution in [3.63, 3.8) is 0 Å². The molecule has 3 nitrogen and oxygen atoms in total. The first kappa shape index (κ1) is 24.3. The normalized spacial score (nSPS) is 11.8. The van der Waals surface area contributed by atoms with Crippen molar-refractivity contribution in [2.24, 2.45) is 0 Å². The van der Waals surface area contributed by atoms with Crippen LogP contribution in [0.4, 0.5) is 8.78 Å². The molecule has 0 aliphatic rings. The van der Waals surface area contributed by atoms with E-state index in [9.17, 15) is 13.6 Å². The summed E-state index contributed by atoms with van der Waals surface area (Å²) < 4.78 is 38.0. The lowest BCUT2D eigenvalue weighted by Gasteiger charge is -2.10. The standard InChI is InChI=1S/C24H29BrF2O3/c25-17-20(26)10-6-3-1-2-4-9-13-24(28)29-18-19-16-22(14-15-23(19)27)30-21-11-7-5-8-12-21/h5,7-8,11-12,14-16,20H,1-4,6,9-10,13,17-18H2. The number of carbonyl (C=O) groups excluding carboxylic acids is 1. The molecule has 164 valence electrons. The highest BCUT2D eigenvalue weighted by molar-refractivity contribution is 9.09. The van der Waals surface area contributed by atoms with Gasteiger partial charge < -0.3 is 9.47 Å². The van der Waals surface area contributed by atoms with Crippen molar-refractivity contribution in [1.29, 1.82) is 0 Å². The summed E-state index contributed by atoms with van der Waals surface area (Å²) in [5.41, 5.74) is 0.284. The predicted molar refractivity (Wildman–Crippen MR) is 118 cm³/mol. The quantitative estimate of drug-likeness (QED) is 0.158. The number of halogens is 3. The van der Waals surface area contributed by atoms with Gasteiger partial charge in [-0.2, -0.15) is 0 Å². The van der Waals surface area contributed by atoms with Crippen LogP contribution in [0.1, 0.15) is 56.9 Å². The van der Waals surface area contributed by atoms with Gasteiger partial charge in [-0.1, -0.05) is 66.2 Å². The summed E-state index contributed by atoms with van der Waals surface area (Å²) in [6, 6.07) is 13.6. The molecule has 0 amide bonds. The van der Waals surface area contributed by atoms with E-state index < -0.39 is 12.0 Å². The van der Waals surface area contributed by atoms with Crippen LogP contribution in [0.15, 0.2) is 48.5 Å². The monoisotopic (exact) mass is 482 g/mol. The zero-order valence-electron chi connectivity index (χ0n) is 17.1. The van der Waals surface area contributed by atoms with Crippen LogP contribution in [0.3, 0.4) is 0 Å². The first-order valence-electron chi connectivity index (χ1n) is 10.5. The summed E-state index contributed by atoms with van der Waals surface area (Å²) in [4.78, 5) is 11.9. The van der Waals surface area contributed by atoms with Crippen LogP contribution in [0, 0.1) is 5.82 Å². The minimum Gasteiger partial charge on any atom is -0.461 e. The summed E-state index contributed by atoms with van der Waals surface area (Å²) in [6.45, 7) is -0.116. The molecule has 0 saturated heterocycles. The Kier molecular flexibility index (Phi) is 11.5. The van der Waals surface area contributed by atoms with Crippen molar-refractivity contribution in [3.05, 3.63) is 59.9 Å². The molecule has 2 aromatic rings. The molecule has 6 heteroatoms. The van der Waals surface area contributed by atoms with Crippen LogP contribution in [-0.2, 0) is 16.1 Å². The maximum Gasteiger partial charge on any atom is 0.306 e. The van der Waals surface area contributed by atoms with Gasteiger partial charge in [-0.15, -0.1) is 0 Å². The highest BCUT2D eigenvalue weighted by atomic mass is 79.9. The van der Waals surface area contributed by atoms with Gasteiger partial charge in [0.15, 0.2) is 0 Å². The Morgan fingerprint density at radius 3 is 2.37 bits per heavy atom. The maximum atomic E-state index is 14.0. The van der Waals surface area contributed by atoms with Crippen molar-refractivity contribution in [1.82, 2.24) is 0 Å². The Labute approximate surface area is 185 Å². The van der Waals surface area contributed by atoms with Crippen LogP contribution in [-0.4, -0.2) is 17.5 Å². The first-order chi connectivity index (χ1) is 14.6. The molecule has 0 fully saturated rings. The van der Waals surface area contributed by atoms with Gasteiger partial charge in [0.25, 0.3) is 0 Å². The van der Waals surface area contributed by atoms with Crippen molar-refractivity contribution in [2.75, 3.05) is 5.33 Å². The molecule has 2 aromatic carbocycles. The lowest BCUT2D eigenvalue weighted by atomic mass is 10.1. The molecule has 1 atom stereocenters. The van der Waals surface area contributed by atoms with Crippen molar-refractivity contribution in [3.8, 4) is 11.5 Å². The number of esters is 1. The Bertz CT molecular complexity index is 755. The van der Waals surface area contributed by atoms with E-state index in [0.717, 1.165) is 38.5 Å². The minimum atomic E-state index is -0.754. The van der Waals surface area contributed by atoms with E-state index in [1.807, 2.05) is 30.3 Å². The number of benzene rings is 2. The average molecular weight is 483 g/mol. The number of hydrogen-bond donors (Lipinski definition) is 0. The average Bonchev–Trinajstić information content (AvgIpc) is 2.76. The number of unbranched alkanes of at least 4 members (excludes halogenated alkanes) is 5. The second kappa shape index (κ2) is 14.1. The summed E-state index contributed by atoms with van der Waals surface area (Å²) >= 11 is 3.13. The van der Waals surface area contributed by atoms with E-state index >= 15 is 0 Å². The second-order valence-corrected chi connectivity index (χ2v) is 7.89. The highest BCUT2D eigenvalue weighted by Gasteiger charge is 2.09. The van der Waals surface area contributed by atoms with E-state index in [-0.39, 0.29) is 18.1 Å². The molecule has 0 aliphatic carbocycles. The van der Waals surface area contributed by atoms with Gasteiger partial charge in [-0.3, -0.25) is 4.79 Å². The fraction of sp³-hybridized carbons (Fsp3) is 0.458. The molecular formula is C24H29BrF2O3. The SMILES string of the molecule is O=C(CCCCCCCCC(F)CBr)OCc1cc(Oc2ccccc2)ccc1F. The summed E-state index contributed by atoms with van der Waals surface area (Å²) in [6.07, 6.45) is 5.81. The molecule has 2 rings (SSSR count). The molecular weight excluding hydrogens is 454 g/mol. The molecule has 0 N–H and O–H groups in total. The molecule has 0 spiro atoms. The van der Waals surface area contributed by atoms with Crippen LogP contribution < -0.4 is 4.74 Å². The van der Waals surface area contributed by atoms with Crippen LogP contribution in [0.25, 0.3) is 0 Å². The van der Waals surface area contributed by atoms with Crippen molar-refractivity contribution < 1.29 is 23.0 Å². The van der Waals surface area contributed by atoms with E-state index in [2.05, 4.69) is 15.9 Å². The maximum absolute atomic E-state index is 14.0. The smallest absolute Gasteiger partial charge is 0.306 e. The largest absolute Gasteiger partial charge is 0.461 e. The number of alkyl halides is 2.